The first-order valence-corrected chi connectivity index (χ1v) is 8.17. The van der Waals surface area contributed by atoms with Crippen LogP contribution in [0.5, 0.6) is 0 Å². The molecule has 22 heavy (non-hydrogen) atoms. The molecule has 0 saturated carbocycles. The number of hydrogen-bond acceptors (Lipinski definition) is 3. The van der Waals surface area contributed by atoms with Gasteiger partial charge in [-0.2, -0.15) is 0 Å². The summed E-state index contributed by atoms with van der Waals surface area (Å²) < 4.78 is 0. The topological polar surface area (TPSA) is 58.2 Å². The smallest absolute Gasteiger partial charge is 0.261 e. The quantitative estimate of drug-likeness (QED) is 0.772. The number of carbonyl (C=O) groups excluding carboxylic acids is 2. The zero-order valence-corrected chi connectivity index (χ0v) is 13.4. The minimum atomic E-state index is -0.0739. The highest BCUT2D eigenvalue weighted by molar-refractivity contribution is 7.12. The highest BCUT2D eigenvalue weighted by Gasteiger charge is 2.06. The van der Waals surface area contributed by atoms with E-state index in [1.165, 1.54) is 16.9 Å². The van der Waals surface area contributed by atoms with Crippen LogP contribution in [0.2, 0.25) is 0 Å². The predicted molar refractivity (Wildman–Crippen MR) is 88.9 cm³/mol. The molecule has 0 aliphatic heterocycles. The van der Waals surface area contributed by atoms with Gasteiger partial charge in [0, 0.05) is 19.5 Å². The van der Waals surface area contributed by atoms with Crippen LogP contribution >= 0.6 is 11.3 Å². The third-order valence-corrected chi connectivity index (χ3v) is 4.05. The van der Waals surface area contributed by atoms with Crippen LogP contribution in [0.1, 0.15) is 33.6 Å². The number of rotatable bonds is 7. The lowest BCUT2D eigenvalue weighted by atomic mass is 10.1. The van der Waals surface area contributed by atoms with Crippen molar-refractivity contribution in [3.05, 3.63) is 57.8 Å². The molecule has 2 amide bonds. The Morgan fingerprint density at radius 1 is 1.14 bits per heavy atom. The van der Waals surface area contributed by atoms with Crippen molar-refractivity contribution in [3.63, 3.8) is 0 Å². The minimum Gasteiger partial charge on any atom is -0.352 e. The van der Waals surface area contributed by atoms with Crippen molar-refractivity contribution in [1.29, 1.82) is 0 Å². The van der Waals surface area contributed by atoms with Crippen molar-refractivity contribution in [2.45, 2.75) is 26.3 Å². The van der Waals surface area contributed by atoms with E-state index in [9.17, 15) is 9.59 Å². The van der Waals surface area contributed by atoms with E-state index >= 15 is 0 Å². The molecule has 0 aliphatic carbocycles. The summed E-state index contributed by atoms with van der Waals surface area (Å²) >= 11 is 1.41. The number of thiophene rings is 1. The molecule has 1 heterocycles. The maximum absolute atomic E-state index is 11.8. The lowest BCUT2D eigenvalue weighted by molar-refractivity contribution is -0.121. The number of nitrogens with one attached hydrogen (secondary N) is 2. The SMILES string of the molecule is Cc1cccc(CNC(=O)CCCNC(=O)c2cccs2)c1. The third kappa shape index (κ3) is 5.33. The Hall–Kier alpha value is -2.14. The van der Waals surface area contributed by atoms with E-state index in [4.69, 9.17) is 0 Å². The van der Waals surface area contributed by atoms with Gasteiger partial charge in [0.1, 0.15) is 0 Å². The van der Waals surface area contributed by atoms with E-state index in [-0.39, 0.29) is 11.8 Å². The molecule has 2 N–H and O–H groups in total. The number of aryl methyl sites for hydroxylation is 1. The number of benzene rings is 1. The van der Waals surface area contributed by atoms with Gasteiger partial charge < -0.3 is 10.6 Å². The summed E-state index contributed by atoms with van der Waals surface area (Å²) in [6, 6.07) is 11.7. The average molecular weight is 316 g/mol. The number of hydrogen-bond donors (Lipinski definition) is 2. The Labute approximate surface area is 134 Å². The summed E-state index contributed by atoms with van der Waals surface area (Å²) in [7, 11) is 0. The van der Waals surface area contributed by atoms with Gasteiger partial charge in [0.2, 0.25) is 5.91 Å². The van der Waals surface area contributed by atoms with E-state index < -0.39 is 0 Å². The molecule has 0 saturated heterocycles. The molecular formula is C17H20N2O2S. The Morgan fingerprint density at radius 2 is 2.00 bits per heavy atom. The van der Waals surface area contributed by atoms with Gasteiger partial charge in [-0.05, 0) is 30.4 Å². The molecular weight excluding hydrogens is 296 g/mol. The first-order valence-electron chi connectivity index (χ1n) is 7.29. The van der Waals surface area contributed by atoms with Crippen molar-refractivity contribution in [2.75, 3.05) is 6.54 Å². The van der Waals surface area contributed by atoms with Gasteiger partial charge in [0.25, 0.3) is 5.91 Å². The number of carbonyl (C=O) groups is 2. The molecule has 5 heteroatoms. The molecule has 1 aromatic carbocycles. The monoisotopic (exact) mass is 316 g/mol. The fourth-order valence-electron chi connectivity index (χ4n) is 2.06. The van der Waals surface area contributed by atoms with Gasteiger partial charge in [0.05, 0.1) is 4.88 Å². The van der Waals surface area contributed by atoms with Crippen molar-refractivity contribution in [1.82, 2.24) is 10.6 Å². The summed E-state index contributed by atoms with van der Waals surface area (Å²) in [5.74, 6) is -0.0675. The highest BCUT2D eigenvalue weighted by atomic mass is 32.1. The van der Waals surface area contributed by atoms with Gasteiger partial charge in [-0.15, -0.1) is 11.3 Å². The summed E-state index contributed by atoms with van der Waals surface area (Å²) in [6.45, 7) is 3.08. The molecule has 0 aliphatic rings. The molecule has 0 unspecified atom stereocenters. The fourth-order valence-corrected chi connectivity index (χ4v) is 2.70. The van der Waals surface area contributed by atoms with Crippen molar-refractivity contribution in [2.24, 2.45) is 0 Å². The van der Waals surface area contributed by atoms with Crippen molar-refractivity contribution in [3.8, 4) is 0 Å². The first-order chi connectivity index (χ1) is 10.6. The third-order valence-electron chi connectivity index (χ3n) is 3.18. The van der Waals surface area contributed by atoms with E-state index in [1.54, 1.807) is 6.07 Å². The van der Waals surface area contributed by atoms with Crippen LogP contribution in [0.15, 0.2) is 41.8 Å². The standard InChI is InChI=1S/C17H20N2O2S/c1-13-5-2-6-14(11-13)12-19-16(20)8-3-9-18-17(21)15-7-4-10-22-15/h2,4-7,10-11H,3,8-9,12H2,1H3,(H,18,21)(H,19,20). The van der Waals surface area contributed by atoms with E-state index in [1.807, 2.05) is 36.6 Å². The van der Waals surface area contributed by atoms with Crippen molar-refractivity contribution >= 4 is 23.2 Å². The largest absolute Gasteiger partial charge is 0.352 e. The molecule has 0 spiro atoms. The highest BCUT2D eigenvalue weighted by Crippen LogP contribution is 2.07. The summed E-state index contributed by atoms with van der Waals surface area (Å²) in [5.41, 5.74) is 2.28. The maximum Gasteiger partial charge on any atom is 0.261 e. The van der Waals surface area contributed by atoms with Gasteiger partial charge in [0.15, 0.2) is 0 Å². The Morgan fingerprint density at radius 3 is 2.73 bits per heavy atom. The molecule has 0 atom stereocenters. The lowest BCUT2D eigenvalue weighted by Gasteiger charge is -2.07. The van der Waals surface area contributed by atoms with Gasteiger partial charge >= 0.3 is 0 Å². The first kappa shape index (κ1) is 16.2. The predicted octanol–water partition coefficient (Wildman–Crippen LogP) is 2.88. The van der Waals surface area contributed by atoms with Crippen LogP contribution in [-0.2, 0) is 11.3 Å². The second kappa shape index (κ2) is 8.34. The van der Waals surface area contributed by atoms with Crippen LogP contribution in [0.3, 0.4) is 0 Å². The van der Waals surface area contributed by atoms with Gasteiger partial charge in [-0.1, -0.05) is 35.9 Å². The Bertz CT molecular complexity index is 623. The normalized spacial score (nSPS) is 10.2. The minimum absolute atomic E-state index is 0.00637. The molecule has 4 nitrogen and oxygen atoms in total. The second-order valence-corrected chi connectivity index (χ2v) is 6.05. The fraction of sp³-hybridized carbons (Fsp3) is 0.294. The summed E-state index contributed by atoms with van der Waals surface area (Å²) in [5, 5.41) is 7.57. The molecule has 2 aromatic rings. The lowest BCUT2D eigenvalue weighted by Crippen LogP contribution is -2.26. The zero-order valence-electron chi connectivity index (χ0n) is 12.6. The molecule has 2 rings (SSSR count). The number of amides is 2. The van der Waals surface area contributed by atoms with Crippen LogP contribution in [0.4, 0.5) is 0 Å². The van der Waals surface area contributed by atoms with E-state index in [2.05, 4.69) is 16.7 Å². The van der Waals surface area contributed by atoms with E-state index in [0.717, 1.165) is 5.56 Å². The maximum atomic E-state index is 11.8. The molecule has 0 fully saturated rings. The second-order valence-electron chi connectivity index (χ2n) is 5.10. The van der Waals surface area contributed by atoms with Crippen LogP contribution in [-0.4, -0.2) is 18.4 Å². The van der Waals surface area contributed by atoms with Gasteiger partial charge in [-0.25, -0.2) is 0 Å². The molecule has 0 radical (unpaired) electrons. The van der Waals surface area contributed by atoms with E-state index in [0.29, 0.717) is 30.8 Å². The van der Waals surface area contributed by atoms with Crippen LogP contribution in [0.25, 0.3) is 0 Å². The van der Waals surface area contributed by atoms with Crippen molar-refractivity contribution < 1.29 is 9.59 Å². The molecule has 116 valence electrons. The summed E-state index contributed by atoms with van der Waals surface area (Å²) in [6.07, 6.45) is 1.05. The average Bonchev–Trinajstić information content (AvgIpc) is 3.04. The Balaban J connectivity index is 1.61. The molecule has 1 aromatic heterocycles. The van der Waals surface area contributed by atoms with Crippen LogP contribution in [0, 0.1) is 6.92 Å². The summed E-state index contributed by atoms with van der Waals surface area (Å²) in [4.78, 5) is 24.1. The molecule has 0 bridgehead atoms. The zero-order chi connectivity index (χ0) is 15.8. The van der Waals surface area contributed by atoms with Crippen LogP contribution < -0.4 is 10.6 Å². The van der Waals surface area contributed by atoms with Gasteiger partial charge in [-0.3, -0.25) is 9.59 Å². The Kier molecular flexibility index (Phi) is 6.15.